The minimum absolute atomic E-state index is 0.110. The maximum Gasteiger partial charge on any atom is 0.312 e. The largest absolute Gasteiger partial charge is 0.481 e. The van der Waals surface area contributed by atoms with Crippen LogP contribution in [0.15, 0.2) is 18.3 Å². The molecule has 0 bridgehead atoms. The normalized spacial score (nSPS) is 12.5. The third kappa shape index (κ3) is 2.26. The molecule has 3 N–H and O–H groups in total. The van der Waals surface area contributed by atoms with Crippen molar-refractivity contribution in [2.45, 2.75) is 12.8 Å². The molecule has 4 nitrogen and oxygen atoms in total. The second-order valence-electron chi connectivity index (χ2n) is 2.86. The van der Waals surface area contributed by atoms with E-state index in [0.29, 0.717) is 5.56 Å². The Morgan fingerprint density at radius 2 is 2.46 bits per heavy atom. The van der Waals surface area contributed by atoms with Crippen LogP contribution in [0.5, 0.6) is 0 Å². The van der Waals surface area contributed by atoms with Crippen molar-refractivity contribution in [2.75, 3.05) is 6.54 Å². The Morgan fingerprint density at radius 1 is 1.77 bits per heavy atom. The summed E-state index contributed by atoms with van der Waals surface area (Å²) in [6.45, 7) is 1.93. The monoisotopic (exact) mass is 180 g/mol. The SMILES string of the molecule is Cc1cc(C(CN)C(=O)O)ccn1. The Hall–Kier alpha value is -1.42. The Labute approximate surface area is 76.4 Å². The van der Waals surface area contributed by atoms with E-state index in [1.807, 2.05) is 6.92 Å². The van der Waals surface area contributed by atoms with Crippen LogP contribution >= 0.6 is 0 Å². The van der Waals surface area contributed by atoms with Gasteiger partial charge in [-0.1, -0.05) is 0 Å². The molecule has 0 saturated carbocycles. The lowest BCUT2D eigenvalue weighted by atomic mass is 10.0. The van der Waals surface area contributed by atoms with Gasteiger partial charge in [0.05, 0.1) is 5.92 Å². The van der Waals surface area contributed by atoms with Gasteiger partial charge in [0.15, 0.2) is 0 Å². The average Bonchev–Trinajstić information content (AvgIpc) is 2.04. The van der Waals surface area contributed by atoms with Crippen LogP contribution in [0.1, 0.15) is 17.2 Å². The van der Waals surface area contributed by atoms with E-state index < -0.39 is 11.9 Å². The van der Waals surface area contributed by atoms with E-state index in [4.69, 9.17) is 10.8 Å². The van der Waals surface area contributed by atoms with Crippen LogP contribution in [0.3, 0.4) is 0 Å². The van der Waals surface area contributed by atoms with Crippen LogP contribution in [0.4, 0.5) is 0 Å². The number of aromatic nitrogens is 1. The van der Waals surface area contributed by atoms with Crippen LogP contribution in [0.25, 0.3) is 0 Å². The fourth-order valence-corrected chi connectivity index (χ4v) is 1.16. The lowest BCUT2D eigenvalue weighted by Gasteiger charge is -2.09. The van der Waals surface area contributed by atoms with Crippen molar-refractivity contribution in [3.8, 4) is 0 Å². The Kier molecular flexibility index (Phi) is 2.97. The first kappa shape index (κ1) is 9.67. The third-order valence-corrected chi connectivity index (χ3v) is 1.86. The molecule has 0 aliphatic carbocycles. The number of carboxylic acid groups (broad SMARTS) is 1. The summed E-state index contributed by atoms with van der Waals surface area (Å²) in [7, 11) is 0. The zero-order valence-electron chi connectivity index (χ0n) is 7.40. The number of pyridine rings is 1. The summed E-state index contributed by atoms with van der Waals surface area (Å²) in [6, 6.07) is 3.42. The number of carbonyl (C=O) groups is 1. The molecule has 1 rings (SSSR count). The summed E-state index contributed by atoms with van der Waals surface area (Å²) < 4.78 is 0. The summed E-state index contributed by atoms with van der Waals surface area (Å²) in [4.78, 5) is 14.7. The molecule has 13 heavy (non-hydrogen) atoms. The van der Waals surface area contributed by atoms with Crippen LogP contribution in [0.2, 0.25) is 0 Å². The van der Waals surface area contributed by atoms with E-state index in [0.717, 1.165) is 5.69 Å². The van der Waals surface area contributed by atoms with Gasteiger partial charge in [0.1, 0.15) is 0 Å². The molecular weight excluding hydrogens is 168 g/mol. The number of rotatable bonds is 3. The van der Waals surface area contributed by atoms with Crippen LogP contribution in [-0.4, -0.2) is 22.6 Å². The third-order valence-electron chi connectivity index (χ3n) is 1.86. The predicted molar refractivity (Wildman–Crippen MR) is 48.4 cm³/mol. The van der Waals surface area contributed by atoms with Gasteiger partial charge in [-0.3, -0.25) is 9.78 Å². The Bertz CT molecular complexity index is 312. The van der Waals surface area contributed by atoms with Crippen LogP contribution in [0, 0.1) is 6.92 Å². The molecule has 0 fully saturated rings. The standard InChI is InChI=1S/C9H12N2O2/c1-6-4-7(2-3-11-6)8(5-10)9(12)13/h2-4,8H,5,10H2,1H3,(H,12,13). The summed E-state index contributed by atoms with van der Waals surface area (Å²) in [5.74, 6) is -1.52. The molecule has 0 amide bonds. The summed E-state index contributed by atoms with van der Waals surface area (Å²) in [6.07, 6.45) is 1.59. The summed E-state index contributed by atoms with van der Waals surface area (Å²) >= 11 is 0. The number of carboxylic acids is 1. The van der Waals surface area contributed by atoms with Gasteiger partial charge in [-0.25, -0.2) is 0 Å². The van der Waals surface area contributed by atoms with Crippen molar-refractivity contribution in [2.24, 2.45) is 5.73 Å². The molecule has 0 saturated heterocycles. The van der Waals surface area contributed by atoms with Gasteiger partial charge in [-0.15, -0.1) is 0 Å². The van der Waals surface area contributed by atoms with Crippen molar-refractivity contribution in [1.82, 2.24) is 4.98 Å². The second-order valence-corrected chi connectivity index (χ2v) is 2.86. The van der Waals surface area contributed by atoms with Crippen molar-refractivity contribution >= 4 is 5.97 Å². The highest BCUT2D eigenvalue weighted by Crippen LogP contribution is 2.14. The number of hydrogen-bond donors (Lipinski definition) is 2. The summed E-state index contributed by atoms with van der Waals surface area (Å²) in [5, 5.41) is 8.82. The molecule has 0 aromatic carbocycles. The highest BCUT2D eigenvalue weighted by molar-refractivity contribution is 5.76. The molecule has 0 aliphatic heterocycles. The van der Waals surface area contributed by atoms with E-state index in [2.05, 4.69) is 4.98 Å². The van der Waals surface area contributed by atoms with Gasteiger partial charge in [-0.2, -0.15) is 0 Å². The Morgan fingerprint density at radius 3 is 2.92 bits per heavy atom. The average molecular weight is 180 g/mol. The molecule has 0 aliphatic rings. The first-order valence-corrected chi connectivity index (χ1v) is 4.00. The maximum atomic E-state index is 10.7. The lowest BCUT2D eigenvalue weighted by Crippen LogP contribution is -2.21. The molecule has 0 spiro atoms. The summed E-state index contributed by atoms with van der Waals surface area (Å²) in [5.41, 5.74) is 6.87. The van der Waals surface area contributed by atoms with E-state index in [1.165, 1.54) is 0 Å². The Balaban J connectivity index is 2.98. The molecule has 1 heterocycles. The van der Waals surface area contributed by atoms with E-state index in [-0.39, 0.29) is 6.54 Å². The van der Waals surface area contributed by atoms with Gasteiger partial charge in [0.25, 0.3) is 0 Å². The number of nitrogens with zero attached hydrogens (tertiary/aromatic N) is 1. The van der Waals surface area contributed by atoms with Crippen molar-refractivity contribution in [3.63, 3.8) is 0 Å². The molecule has 70 valence electrons. The van der Waals surface area contributed by atoms with E-state index in [1.54, 1.807) is 18.3 Å². The molecular formula is C9H12N2O2. The van der Waals surface area contributed by atoms with Gasteiger partial charge in [0.2, 0.25) is 0 Å². The quantitative estimate of drug-likeness (QED) is 0.710. The fourth-order valence-electron chi connectivity index (χ4n) is 1.16. The minimum atomic E-state index is -0.895. The van der Waals surface area contributed by atoms with Crippen LogP contribution < -0.4 is 5.73 Å². The minimum Gasteiger partial charge on any atom is -0.481 e. The zero-order valence-corrected chi connectivity index (χ0v) is 7.40. The van der Waals surface area contributed by atoms with Gasteiger partial charge >= 0.3 is 5.97 Å². The first-order valence-electron chi connectivity index (χ1n) is 4.00. The van der Waals surface area contributed by atoms with Gasteiger partial charge < -0.3 is 10.8 Å². The molecule has 1 aromatic rings. The highest BCUT2D eigenvalue weighted by Gasteiger charge is 2.17. The molecule has 4 heteroatoms. The number of aliphatic carboxylic acids is 1. The fraction of sp³-hybridized carbons (Fsp3) is 0.333. The second kappa shape index (κ2) is 4.00. The number of nitrogens with two attached hydrogens (primary N) is 1. The highest BCUT2D eigenvalue weighted by atomic mass is 16.4. The lowest BCUT2D eigenvalue weighted by molar-refractivity contribution is -0.138. The first-order chi connectivity index (χ1) is 6.15. The van der Waals surface area contributed by atoms with E-state index >= 15 is 0 Å². The maximum absolute atomic E-state index is 10.7. The molecule has 1 aromatic heterocycles. The zero-order chi connectivity index (χ0) is 9.84. The molecule has 1 unspecified atom stereocenters. The van der Waals surface area contributed by atoms with Crippen molar-refractivity contribution in [3.05, 3.63) is 29.6 Å². The number of aryl methyl sites for hydroxylation is 1. The molecule has 1 atom stereocenters. The van der Waals surface area contributed by atoms with E-state index in [9.17, 15) is 4.79 Å². The topological polar surface area (TPSA) is 76.2 Å². The van der Waals surface area contributed by atoms with Crippen molar-refractivity contribution < 1.29 is 9.90 Å². The van der Waals surface area contributed by atoms with Gasteiger partial charge in [0, 0.05) is 18.4 Å². The smallest absolute Gasteiger partial charge is 0.312 e. The number of hydrogen-bond acceptors (Lipinski definition) is 3. The van der Waals surface area contributed by atoms with Gasteiger partial charge in [-0.05, 0) is 24.6 Å². The predicted octanol–water partition coefficient (Wildman–Crippen LogP) is 0.517. The van der Waals surface area contributed by atoms with Crippen LogP contribution in [-0.2, 0) is 4.79 Å². The van der Waals surface area contributed by atoms with Crippen molar-refractivity contribution in [1.29, 1.82) is 0 Å². The molecule has 0 radical (unpaired) electrons.